The number of β-amino-alcohol motifs (C(OH)–C–C–N with tert-alkyl or cyclic N) is 2. The second kappa shape index (κ2) is 16.4. The Bertz CT molecular complexity index is 1660. The number of fused-ring (bicyclic) bond motifs is 2. The SMILES string of the molecule is C[C@@H]1NC[C@H](O)c2ccccc21.C[C@H]1c2ccccc2[C@@H](O)CN1C(=O)Nc1c(Cl)cccc1Cl.O=C=Nc1c(Cl)cccc1Cl. The van der Waals surface area contributed by atoms with Crippen LogP contribution in [-0.2, 0) is 4.79 Å². The van der Waals surface area contributed by atoms with E-state index in [-0.39, 0.29) is 30.4 Å². The molecule has 0 fully saturated rings. The Morgan fingerprint density at radius 3 is 1.83 bits per heavy atom. The van der Waals surface area contributed by atoms with E-state index in [1.165, 1.54) is 11.6 Å². The summed E-state index contributed by atoms with van der Waals surface area (Å²) in [5.41, 5.74) is 4.73. The van der Waals surface area contributed by atoms with E-state index in [4.69, 9.17) is 46.4 Å². The summed E-state index contributed by atoms with van der Waals surface area (Å²) in [6.45, 7) is 4.92. The van der Waals surface area contributed by atoms with E-state index in [2.05, 4.69) is 28.6 Å². The lowest BCUT2D eigenvalue weighted by Crippen LogP contribution is -2.43. The summed E-state index contributed by atoms with van der Waals surface area (Å²) in [6.07, 6.45) is 0.323. The van der Waals surface area contributed by atoms with E-state index in [9.17, 15) is 19.8 Å². The summed E-state index contributed by atoms with van der Waals surface area (Å²) in [6, 6.07) is 25.4. The van der Waals surface area contributed by atoms with Crippen LogP contribution in [0.5, 0.6) is 0 Å². The van der Waals surface area contributed by atoms with Gasteiger partial charge in [0, 0.05) is 12.6 Å². The van der Waals surface area contributed by atoms with Gasteiger partial charge in [0.15, 0.2) is 0 Å². The highest BCUT2D eigenvalue weighted by molar-refractivity contribution is 6.40. The molecule has 4 atom stereocenters. The van der Waals surface area contributed by atoms with Gasteiger partial charge in [-0.2, -0.15) is 4.99 Å². The number of hydrogen-bond acceptors (Lipinski definition) is 6. The summed E-state index contributed by atoms with van der Waals surface area (Å²) in [4.78, 5) is 27.4. The van der Waals surface area contributed by atoms with E-state index < -0.39 is 6.10 Å². The van der Waals surface area contributed by atoms with Gasteiger partial charge in [0.1, 0.15) is 5.69 Å². The molecule has 0 unspecified atom stereocenters. The van der Waals surface area contributed by atoms with E-state index >= 15 is 0 Å². The van der Waals surface area contributed by atoms with Gasteiger partial charge in [-0.05, 0) is 60.4 Å². The summed E-state index contributed by atoms with van der Waals surface area (Å²) in [5.74, 6) is 0. The molecule has 240 valence electrons. The molecule has 8 nitrogen and oxygen atoms in total. The number of aliphatic hydroxyl groups excluding tert-OH is 2. The molecule has 4 aromatic rings. The normalized spacial score (nSPS) is 19.5. The van der Waals surface area contributed by atoms with Crippen LogP contribution in [0.4, 0.5) is 16.2 Å². The van der Waals surface area contributed by atoms with Crippen molar-refractivity contribution in [3.8, 4) is 0 Å². The van der Waals surface area contributed by atoms with Gasteiger partial charge >= 0.3 is 6.03 Å². The van der Waals surface area contributed by atoms with Crippen LogP contribution in [-0.4, -0.2) is 40.3 Å². The van der Waals surface area contributed by atoms with Gasteiger partial charge in [0.2, 0.25) is 6.08 Å². The van der Waals surface area contributed by atoms with Crippen molar-refractivity contribution in [1.82, 2.24) is 10.2 Å². The van der Waals surface area contributed by atoms with Crippen molar-refractivity contribution in [2.45, 2.75) is 38.1 Å². The number of urea groups is 1. The zero-order chi connectivity index (χ0) is 33.4. The Labute approximate surface area is 287 Å². The third-order valence-corrected chi connectivity index (χ3v) is 8.87. The average Bonchev–Trinajstić information content (AvgIpc) is 3.05. The minimum absolute atomic E-state index is 0.157. The van der Waals surface area contributed by atoms with Gasteiger partial charge in [-0.15, -0.1) is 0 Å². The van der Waals surface area contributed by atoms with Gasteiger partial charge in [0.25, 0.3) is 0 Å². The number of nitrogens with zero attached hydrogens (tertiary/aromatic N) is 2. The zero-order valence-electron chi connectivity index (χ0n) is 24.9. The predicted octanol–water partition coefficient (Wildman–Crippen LogP) is 8.98. The maximum Gasteiger partial charge on any atom is 0.322 e. The van der Waals surface area contributed by atoms with Gasteiger partial charge in [-0.3, -0.25) is 0 Å². The highest BCUT2D eigenvalue weighted by Crippen LogP contribution is 2.36. The molecule has 12 heteroatoms. The molecule has 0 radical (unpaired) electrons. The number of carbonyl (C=O) groups is 1. The predicted molar refractivity (Wildman–Crippen MR) is 184 cm³/mol. The number of isocyanates is 1. The van der Waals surface area contributed by atoms with Crippen molar-refractivity contribution in [2.24, 2.45) is 4.99 Å². The Kier molecular flexibility index (Phi) is 12.6. The second-order valence-corrected chi connectivity index (χ2v) is 12.2. The number of aliphatic imine (C=N–C) groups is 1. The number of halogens is 4. The average molecular weight is 702 g/mol. The number of hydrogen-bond donors (Lipinski definition) is 4. The van der Waals surface area contributed by atoms with Crippen LogP contribution >= 0.6 is 46.4 Å². The molecule has 2 amide bonds. The molecule has 2 heterocycles. The molecule has 6 rings (SSSR count). The number of amides is 2. The number of anilines is 1. The smallest absolute Gasteiger partial charge is 0.322 e. The maximum atomic E-state index is 12.6. The van der Waals surface area contributed by atoms with Gasteiger partial charge in [-0.25, -0.2) is 9.59 Å². The molecular formula is C34H32Cl4N4O4. The highest BCUT2D eigenvalue weighted by Gasteiger charge is 2.32. The highest BCUT2D eigenvalue weighted by atomic mass is 35.5. The largest absolute Gasteiger partial charge is 0.387 e. The molecule has 0 aromatic heterocycles. The third-order valence-electron chi connectivity index (χ3n) is 7.63. The number of rotatable bonds is 2. The van der Waals surface area contributed by atoms with Gasteiger partial charge < -0.3 is 25.7 Å². The van der Waals surface area contributed by atoms with E-state index in [0.717, 1.165) is 16.7 Å². The first-order valence-corrected chi connectivity index (χ1v) is 15.8. The van der Waals surface area contributed by atoms with E-state index in [1.54, 1.807) is 41.3 Å². The Balaban J connectivity index is 0.000000175. The second-order valence-electron chi connectivity index (χ2n) is 10.5. The monoisotopic (exact) mass is 700 g/mol. The van der Waals surface area contributed by atoms with Crippen LogP contribution in [0.1, 0.15) is 60.4 Å². The first-order valence-electron chi connectivity index (χ1n) is 14.3. The molecule has 46 heavy (non-hydrogen) atoms. The fourth-order valence-electron chi connectivity index (χ4n) is 5.22. The molecule has 0 spiro atoms. The molecular weight excluding hydrogens is 670 g/mol. The third kappa shape index (κ3) is 8.48. The van der Waals surface area contributed by atoms with Crippen molar-refractivity contribution >= 4 is 69.9 Å². The minimum atomic E-state index is -0.713. The van der Waals surface area contributed by atoms with E-state index in [1.807, 2.05) is 49.4 Å². The van der Waals surface area contributed by atoms with Crippen molar-refractivity contribution in [1.29, 1.82) is 0 Å². The minimum Gasteiger partial charge on any atom is -0.387 e. The van der Waals surface area contributed by atoms with Crippen molar-refractivity contribution < 1.29 is 19.8 Å². The molecule has 0 saturated carbocycles. The van der Waals surface area contributed by atoms with Crippen LogP contribution in [0.25, 0.3) is 0 Å². The number of carbonyl (C=O) groups excluding carboxylic acids is 2. The molecule has 4 N–H and O–H groups in total. The molecule has 0 bridgehead atoms. The summed E-state index contributed by atoms with van der Waals surface area (Å²) in [5, 5.41) is 27.3. The molecule has 4 aromatic carbocycles. The van der Waals surface area contributed by atoms with Crippen molar-refractivity contribution in [3.63, 3.8) is 0 Å². The fraction of sp³-hybridized carbons (Fsp3) is 0.235. The summed E-state index contributed by atoms with van der Waals surface area (Å²) < 4.78 is 0. The first kappa shape index (κ1) is 35.4. The number of nitrogens with one attached hydrogen (secondary N) is 2. The lowest BCUT2D eigenvalue weighted by Gasteiger charge is -2.37. The van der Waals surface area contributed by atoms with Crippen LogP contribution in [0.3, 0.4) is 0 Å². The lowest BCUT2D eigenvalue weighted by molar-refractivity contribution is 0.0933. The lowest BCUT2D eigenvalue weighted by atomic mass is 9.92. The Morgan fingerprint density at radius 1 is 0.783 bits per heavy atom. The van der Waals surface area contributed by atoms with Crippen molar-refractivity contribution in [3.05, 3.63) is 127 Å². The molecule has 0 saturated heterocycles. The summed E-state index contributed by atoms with van der Waals surface area (Å²) >= 11 is 23.5. The Morgan fingerprint density at radius 2 is 1.28 bits per heavy atom. The van der Waals surface area contributed by atoms with Gasteiger partial charge in [-0.1, -0.05) is 107 Å². The quantitative estimate of drug-likeness (QED) is 0.123. The fourth-order valence-corrected chi connectivity index (χ4v) is 6.19. The number of para-hydroxylation sites is 2. The maximum absolute atomic E-state index is 12.6. The van der Waals surface area contributed by atoms with Crippen LogP contribution in [0.15, 0.2) is 89.9 Å². The van der Waals surface area contributed by atoms with Crippen molar-refractivity contribution in [2.75, 3.05) is 18.4 Å². The van der Waals surface area contributed by atoms with Crippen LogP contribution in [0, 0.1) is 0 Å². The zero-order valence-corrected chi connectivity index (χ0v) is 27.9. The topological polar surface area (TPSA) is 114 Å². The molecule has 2 aliphatic heterocycles. The van der Waals surface area contributed by atoms with E-state index in [0.29, 0.717) is 38.4 Å². The van der Waals surface area contributed by atoms with Gasteiger partial charge in [0.05, 0.1) is 50.6 Å². The number of aliphatic hydroxyl groups is 2. The first-order chi connectivity index (χ1) is 22.0. The van der Waals surface area contributed by atoms with Crippen LogP contribution in [0.2, 0.25) is 20.1 Å². The Hall–Kier alpha value is -3.43. The summed E-state index contributed by atoms with van der Waals surface area (Å²) in [7, 11) is 0. The number of benzene rings is 4. The van der Waals surface area contributed by atoms with Crippen LogP contribution < -0.4 is 10.6 Å². The standard InChI is InChI=1S/C17H16Cl2N2O2.C10H13NO.C7H3Cl2NO/c1-10-11-5-2-3-6-12(11)15(22)9-21(10)17(23)20-16-13(18)7-4-8-14(16)19;1-7-8-4-2-3-5-9(8)10(12)6-11-7;8-5-2-1-3-6(9)7(5)10-4-11/h2-8,10,15,22H,9H2,1H3,(H,20,23);2-5,7,10-12H,6H2,1H3;1-3H/t10-,15-;7-,10-;/m00./s1. The molecule has 0 aliphatic carbocycles. The molecule has 2 aliphatic rings.